The molecule has 62 valence electrons. The van der Waals surface area contributed by atoms with E-state index in [1.165, 1.54) is 19.4 Å². The van der Waals surface area contributed by atoms with Crippen molar-refractivity contribution in [2.75, 3.05) is 20.1 Å². The van der Waals surface area contributed by atoms with Gasteiger partial charge in [-0.3, -0.25) is 4.79 Å². The summed E-state index contributed by atoms with van der Waals surface area (Å²) >= 11 is 0. The fraction of sp³-hybridized carbons (Fsp3) is 0.875. The number of nitrogens with zero attached hydrogens (tertiary/aromatic N) is 1. The van der Waals surface area contributed by atoms with Gasteiger partial charge >= 0.3 is 0 Å². The molecule has 0 aromatic heterocycles. The van der Waals surface area contributed by atoms with Crippen molar-refractivity contribution in [3.63, 3.8) is 0 Å². The number of carbonyl (C=O) groups is 1. The predicted octanol–water partition coefficient (Wildman–Crippen LogP) is -0.0293. The molecule has 0 aromatic rings. The zero-order valence-corrected chi connectivity index (χ0v) is 6.89. The van der Waals surface area contributed by atoms with Crippen LogP contribution in [-0.2, 0) is 4.79 Å². The summed E-state index contributed by atoms with van der Waals surface area (Å²) in [6.45, 7) is 2.22. The van der Waals surface area contributed by atoms with Gasteiger partial charge in [-0.25, -0.2) is 0 Å². The molecule has 0 radical (unpaired) electrons. The lowest BCUT2D eigenvalue weighted by atomic mass is 9.80. The molecule has 1 N–H and O–H groups in total. The minimum atomic E-state index is 0.171. The Balaban J connectivity index is 1.98. The monoisotopic (exact) mass is 154 g/mol. The lowest BCUT2D eigenvalue weighted by Crippen LogP contribution is -2.67. The highest BCUT2D eigenvalue weighted by molar-refractivity contribution is 5.84. The average molecular weight is 154 g/mol. The number of nitrogens with one attached hydrogen (secondary N) is 1. The molecule has 2 heterocycles. The number of hydrogen-bond acceptors (Lipinski definition) is 2. The lowest BCUT2D eigenvalue weighted by Gasteiger charge is -2.47. The number of hydrogen-bond donors (Lipinski definition) is 1. The summed E-state index contributed by atoms with van der Waals surface area (Å²) in [6, 6.07) is 0. The molecular formula is C8H14N2O. The van der Waals surface area contributed by atoms with Gasteiger partial charge in [0, 0.05) is 6.54 Å². The van der Waals surface area contributed by atoms with E-state index in [4.69, 9.17) is 0 Å². The number of likely N-dealkylation sites (N-methyl/N-ethyl adjacent to an activating group) is 1. The van der Waals surface area contributed by atoms with Gasteiger partial charge in [0.2, 0.25) is 5.91 Å². The largest absolute Gasteiger partial charge is 0.349 e. The Morgan fingerprint density at radius 2 is 2.36 bits per heavy atom. The first kappa shape index (κ1) is 7.10. The predicted molar refractivity (Wildman–Crippen MR) is 42.2 cm³/mol. The highest BCUT2D eigenvalue weighted by Gasteiger charge is 2.44. The molecule has 1 spiro atoms. The Kier molecular flexibility index (Phi) is 1.42. The number of β-lactam (4-membered cyclic amide) rings is 1. The molecule has 2 aliphatic rings. The van der Waals surface area contributed by atoms with E-state index in [-0.39, 0.29) is 11.4 Å². The topological polar surface area (TPSA) is 32.3 Å². The van der Waals surface area contributed by atoms with Crippen molar-refractivity contribution in [3.8, 4) is 0 Å². The molecule has 1 atom stereocenters. The van der Waals surface area contributed by atoms with E-state index in [9.17, 15) is 4.79 Å². The van der Waals surface area contributed by atoms with E-state index in [1.807, 2.05) is 0 Å². The van der Waals surface area contributed by atoms with Gasteiger partial charge in [-0.1, -0.05) is 0 Å². The van der Waals surface area contributed by atoms with Gasteiger partial charge in [-0.15, -0.1) is 0 Å². The van der Waals surface area contributed by atoms with Crippen LogP contribution in [0.4, 0.5) is 0 Å². The third kappa shape index (κ3) is 1.13. The van der Waals surface area contributed by atoms with Crippen molar-refractivity contribution in [2.45, 2.75) is 24.8 Å². The maximum Gasteiger partial charge on any atom is 0.222 e. The second-order valence-electron chi connectivity index (χ2n) is 3.85. The van der Waals surface area contributed by atoms with Crippen LogP contribution in [0.15, 0.2) is 0 Å². The summed E-state index contributed by atoms with van der Waals surface area (Å²) in [5.41, 5.74) is 0.171. The first-order valence-electron chi connectivity index (χ1n) is 4.20. The third-order valence-corrected chi connectivity index (χ3v) is 2.67. The summed E-state index contributed by atoms with van der Waals surface area (Å²) in [5, 5.41) is 3.01. The zero-order valence-electron chi connectivity index (χ0n) is 6.89. The molecule has 2 saturated heterocycles. The van der Waals surface area contributed by atoms with Crippen LogP contribution in [0.25, 0.3) is 0 Å². The van der Waals surface area contributed by atoms with Crippen LogP contribution in [0.3, 0.4) is 0 Å². The standard InChI is InChI=1S/C8H14N2O/c1-10-4-2-3-8(6-10)5-7(11)9-8/h2-6H2,1H3,(H,9,11). The summed E-state index contributed by atoms with van der Waals surface area (Å²) in [6.07, 6.45) is 3.14. The molecule has 1 amide bonds. The number of likely N-dealkylation sites (tertiary alicyclic amines) is 1. The molecule has 2 aliphatic heterocycles. The first-order valence-corrected chi connectivity index (χ1v) is 4.20. The SMILES string of the molecule is CN1CCCC2(CC(=O)N2)C1. The Labute approximate surface area is 66.8 Å². The van der Waals surface area contributed by atoms with Gasteiger partial charge in [0.1, 0.15) is 0 Å². The Morgan fingerprint density at radius 3 is 2.91 bits per heavy atom. The minimum absolute atomic E-state index is 0.171. The molecule has 2 fully saturated rings. The van der Waals surface area contributed by atoms with E-state index in [0.29, 0.717) is 0 Å². The van der Waals surface area contributed by atoms with E-state index in [2.05, 4.69) is 17.3 Å². The summed E-state index contributed by atoms with van der Waals surface area (Å²) in [4.78, 5) is 13.0. The second kappa shape index (κ2) is 2.21. The van der Waals surface area contributed by atoms with Gasteiger partial charge in [0.25, 0.3) is 0 Å². The first-order chi connectivity index (χ1) is 5.20. The second-order valence-corrected chi connectivity index (χ2v) is 3.85. The van der Waals surface area contributed by atoms with Crippen LogP contribution in [0.1, 0.15) is 19.3 Å². The van der Waals surface area contributed by atoms with E-state index in [0.717, 1.165) is 13.0 Å². The number of amides is 1. The molecule has 3 heteroatoms. The number of rotatable bonds is 0. The Morgan fingerprint density at radius 1 is 1.64 bits per heavy atom. The summed E-state index contributed by atoms with van der Waals surface area (Å²) < 4.78 is 0. The normalized spacial score (nSPS) is 38.5. The third-order valence-electron chi connectivity index (χ3n) is 2.67. The van der Waals surface area contributed by atoms with E-state index in [1.54, 1.807) is 0 Å². The zero-order chi connectivity index (χ0) is 7.90. The molecule has 11 heavy (non-hydrogen) atoms. The van der Waals surface area contributed by atoms with Gasteiger partial charge in [0.05, 0.1) is 12.0 Å². The summed E-state index contributed by atoms with van der Waals surface area (Å²) in [7, 11) is 2.12. The van der Waals surface area contributed by atoms with Crippen molar-refractivity contribution in [3.05, 3.63) is 0 Å². The van der Waals surface area contributed by atoms with Crippen molar-refractivity contribution in [1.29, 1.82) is 0 Å². The molecule has 3 nitrogen and oxygen atoms in total. The maximum atomic E-state index is 10.7. The van der Waals surface area contributed by atoms with Gasteiger partial charge < -0.3 is 10.2 Å². The molecule has 0 saturated carbocycles. The molecule has 1 unspecified atom stereocenters. The number of carbonyl (C=O) groups excluding carboxylic acids is 1. The van der Waals surface area contributed by atoms with Crippen LogP contribution in [0, 0.1) is 0 Å². The van der Waals surface area contributed by atoms with Crippen molar-refractivity contribution < 1.29 is 4.79 Å². The van der Waals surface area contributed by atoms with E-state index < -0.39 is 0 Å². The number of piperidine rings is 1. The smallest absolute Gasteiger partial charge is 0.222 e. The van der Waals surface area contributed by atoms with Crippen LogP contribution in [0.2, 0.25) is 0 Å². The van der Waals surface area contributed by atoms with Crippen LogP contribution >= 0.6 is 0 Å². The van der Waals surface area contributed by atoms with Crippen molar-refractivity contribution in [1.82, 2.24) is 10.2 Å². The highest BCUT2D eigenvalue weighted by atomic mass is 16.2. The van der Waals surface area contributed by atoms with Crippen LogP contribution in [0.5, 0.6) is 0 Å². The van der Waals surface area contributed by atoms with Gasteiger partial charge in [-0.2, -0.15) is 0 Å². The van der Waals surface area contributed by atoms with Gasteiger partial charge in [-0.05, 0) is 26.4 Å². The molecule has 2 rings (SSSR count). The van der Waals surface area contributed by atoms with E-state index >= 15 is 0 Å². The minimum Gasteiger partial charge on any atom is -0.349 e. The fourth-order valence-electron chi connectivity index (χ4n) is 2.19. The molecule has 0 bridgehead atoms. The van der Waals surface area contributed by atoms with Crippen LogP contribution in [-0.4, -0.2) is 36.5 Å². The lowest BCUT2D eigenvalue weighted by molar-refractivity contribution is -0.134. The molecule has 0 aliphatic carbocycles. The van der Waals surface area contributed by atoms with Crippen molar-refractivity contribution in [2.24, 2.45) is 0 Å². The molecular weight excluding hydrogens is 140 g/mol. The average Bonchev–Trinajstić information content (AvgIpc) is 1.84. The molecule has 0 aromatic carbocycles. The summed E-state index contributed by atoms with van der Waals surface area (Å²) in [5.74, 6) is 0.223. The maximum absolute atomic E-state index is 10.7. The van der Waals surface area contributed by atoms with Crippen molar-refractivity contribution >= 4 is 5.91 Å². The highest BCUT2D eigenvalue weighted by Crippen LogP contribution is 2.29. The van der Waals surface area contributed by atoms with Gasteiger partial charge in [0.15, 0.2) is 0 Å². The van der Waals surface area contributed by atoms with Crippen LogP contribution < -0.4 is 5.32 Å². The fourth-order valence-corrected chi connectivity index (χ4v) is 2.19. The Bertz CT molecular complexity index is 183. The Hall–Kier alpha value is -0.570. The quantitative estimate of drug-likeness (QED) is 0.497.